The van der Waals surface area contributed by atoms with Crippen LogP contribution in [0.3, 0.4) is 0 Å². The second-order valence-electron chi connectivity index (χ2n) is 4.57. The topological polar surface area (TPSA) is 59.6 Å². The zero-order valence-electron chi connectivity index (χ0n) is 12.1. The molecule has 118 valence electrons. The Labute approximate surface area is 139 Å². The number of aryl methyl sites for hydroxylation is 1. The molecule has 0 aliphatic heterocycles. The van der Waals surface area contributed by atoms with Crippen LogP contribution in [0.5, 0.6) is 0 Å². The Morgan fingerprint density at radius 1 is 1.14 bits per heavy atom. The normalized spacial score (nSPS) is 10.0. The van der Waals surface area contributed by atoms with E-state index < -0.39 is 0 Å². The van der Waals surface area contributed by atoms with Gasteiger partial charge in [-0.1, -0.05) is 12.1 Å². The van der Waals surface area contributed by atoms with Crippen molar-refractivity contribution >= 4 is 0 Å². The molecule has 0 aliphatic carbocycles. The minimum Gasteiger partial charge on any atom is -0.326 e. The third-order valence-electron chi connectivity index (χ3n) is 2.92. The number of aromatic nitrogens is 3. The number of hydrogen-bond acceptors (Lipinski definition) is 2. The van der Waals surface area contributed by atoms with Crippen molar-refractivity contribution in [2.24, 2.45) is 12.8 Å². The van der Waals surface area contributed by atoms with Crippen molar-refractivity contribution in [1.29, 1.82) is 0 Å². The fourth-order valence-corrected chi connectivity index (χ4v) is 2.11. The maximum absolute atomic E-state index is 12.2. The number of hydrogen-bond donors (Lipinski definition) is 2. The van der Waals surface area contributed by atoms with Crippen LogP contribution in [0.4, 0.5) is 4.39 Å². The van der Waals surface area contributed by atoms with E-state index in [0.29, 0.717) is 6.54 Å². The van der Waals surface area contributed by atoms with Gasteiger partial charge in [-0.3, -0.25) is 0 Å². The molecule has 3 N–H and O–H groups in total. The molecule has 22 heavy (non-hydrogen) atoms. The summed E-state index contributed by atoms with van der Waals surface area (Å²) >= 11 is 2.18. The molecular formula is C16H17FN4Pt. The van der Waals surface area contributed by atoms with E-state index in [1.54, 1.807) is 12.1 Å². The molecular weight excluding hydrogens is 462 g/mol. The van der Waals surface area contributed by atoms with Crippen LogP contribution in [0.25, 0.3) is 11.4 Å². The predicted octanol–water partition coefficient (Wildman–Crippen LogP) is 2.78. The molecule has 2 aromatic carbocycles. The van der Waals surface area contributed by atoms with Gasteiger partial charge in [0.2, 0.25) is 0 Å². The number of nitrogens with one attached hydrogen (secondary N) is 1. The van der Waals surface area contributed by atoms with Crippen LogP contribution in [0.2, 0.25) is 0 Å². The van der Waals surface area contributed by atoms with Crippen LogP contribution < -0.4 is 5.73 Å². The Morgan fingerprint density at radius 3 is 2.27 bits per heavy atom. The molecule has 3 aromatic rings. The van der Waals surface area contributed by atoms with E-state index in [2.05, 4.69) is 29.4 Å². The molecule has 1 heterocycles. The van der Waals surface area contributed by atoms with E-state index in [1.807, 2.05) is 42.1 Å². The van der Waals surface area contributed by atoms with Gasteiger partial charge in [-0.05, 0) is 17.7 Å². The summed E-state index contributed by atoms with van der Waals surface area (Å²) in [4.78, 5) is 4.38. The Kier molecular flexibility index (Phi) is 5.99. The van der Waals surface area contributed by atoms with Crippen LogP contribution in [-0.4, -0.2) is 14.8 Å². The van der Waals surface area contributed by atoms with Crippen LogP contribution in [-0.2, 0) is 32.9 Å². The van der Waals surface area contributed by atoms with E-state index in [9.17, 15) is 4.39 Å². The summed E-state index contributed by atoms with van der Waals surface area (Å²) in [6.07, 6.45) is 0. The molecule has 0 atom stereocenters. The van der Waals surface area contributed by atoms with Gasteiger partial charge in [0.1, 0.15) is 5.82 Å². The van der Waals surface area contributed by atoms with E-state index >= 15 is 0 Å². The summed E-state index contributed by atoms with van der Waals surface area (Å²) in [6.45, 7) is 0.472. The average molecular weight is 479 g/mol. The minimum absolute atomic E-state index is 0.216. The number of nitrogens with zero attached hydrogens (tertiary/aromatic N) is 2. The fourth-order valence-electron chi connectivity index (χ4n) is 1.73. The summed E-state index contributed by atoms with van der Waals surface area (Å²) in [5.74, 6) is 0.695. The third kappa shape index (κ3) is 4.58. The van der Waals surface area contributed by atoms with E-state index in [-0.39, 0.29) is 5.82 Å². The van der Waals surface area contributed by atoms with Crippen LogP contribution >= 0.6 is 0 Å². The first-order chi connectivity index (χ1) is 10.6. The third-order valence-corrected chi connectivity index (χ3v) is 3.94. The first-order valence-corrected chi connectivity index (χ1v) is 7.82. The average Bonchev–Trinajstić information content (AvgIpc) is 2.89. The number of aromatic amines is 1. The Hall–Kier alpha value is -1.84. The molecule has 0 spiro atoms. The molecule has 0 saturated heterocycles. The van der Waals surface area contributed by atoms with Gasteiger partial charge in [-0.15, -0.1) is 0 Å². The van der Waals surface area contributed by atoms with Crippen LogP contribution in [0, 0.1) is 9.62 Å². The van der Waals surface area contributed by atoms with Gasteiger partial charge in [0.25, 0.3) is 0 Å². The second kappa shape index (κ2) is 7.97. The van der Waals surface area contributed by atoms with E-state index in [4.69, 9.17) is 5.73 Å². The smallest absolute Gasteiger partial charge is 0.123 e. The predicted molar refractivity (Wildman–Crippen MR) is 80.5 cm³/mol. The Bertz CT molecular complexity index is 763. The van der Waals surface area contributed by atoms with Gasteiger partial charge in [-0.25, -0.2) is 4.39 Å². The van der Waals surface area contributed by atoms with Gasteiger partial charge in [-0.2, -0.15) is 0 Å². The molecule has 3 rings (SSSR count). The van der Waals surface area contributed by atoms with Gasteiger partial charge in [0, 0.05) is 6.54 Å². The van der Waals surface area contributed by atoms with Crippen molar-refractivity contribution in [3.63, 3.8) is 0 Å². The first-order valence-electron chi connectivity index (χ1n) is 6.68. The fraction of sp³-hybridized carbons (Fsp3) is 0.125. The largest absolute Gasteiger partial charge is 0.326 e. The van der Waals surface area contributed by atoms with Crippen molar-refractivity contribution in [3.8, 4) is 11.4 Å². The van der Waals surface area contributed by atoms with Gasteiger partial charge in [0.15, 0.2) is 0 Å². The van der Waals surface area contributed by atoms with Crippen molar-refractivity contribution in [1.82, 2.24) is 14.8 Å². The monoisotopic (exact) mass is 479 g/mol. The van der Waals surface area contributed by atoms with Crippen molar-refractivity contribution < 1.29 is 23.7 Å². The zero-order valence-corrected chi connectivity index (χ0v) is 14.3. The molecule has 6 heteroatoms. The molecule has 0 saturated carbocycles. The standard InChI is InChI=1S/C9H9N3.C7H8FN.Pt/c1-12-7-10-9(11-12)8-5-3-2-4-6-8;8-7-3-1-6(5-9)2-4-7;/h2-6H,1H3,(H,10,11);1-4H,5,9H2;. The Balaban J connectivity index is 0.000000172. The van der Waals surface area contributed by atoms with Crippen molar-refractivity contribution in [3.05, 3.63) is 69.8 Å². The SMILES string of the molecule is Cn1[nH]c(-c2ccccc2)n[c]1=[Pt].NCc1ccc(F)cc1. The Morgan fingerprint density at radius 2 is 1.77 bits per heavy atom. The summed E-state index contributed by atoms with van der Waals surface area (Å²) in [7, 11) is 1.95. The minimum atomic E-state index is -0.216. The molecule has 0 fully saturated rings. The van der Waals surface area contributed by atoms with Gasteiger partial charge in [0.05, 0.1) is 0 Å². The number of halogens is 1. The van der Waals surface area contributed by atoms with Gasteiger partial charge < -0.3 is 5.73 Å². The van der Waals surface area contributed by atoms with Crippen molar-refractivity contribution in [2.75, 3.05) is 0 Å². The van der Waals surface area contributed by atoms with Crippen LogP contribution in [0.15, 0.2) is 54.6 Å². The summed E-state index contributed by atoms with van der Waals surface area (Å²) in [5, 5.41) is 3.16. The van der Waals surface area contributed by atoms with E-state index in [1.165, 1.54) is 12.1 Å². The summed E-state index contributed by atoms with van der Waals surface area (Å²) < 4.78 is 15.0. The quantitative estimate of drug-likeness (QED) is 0.594. The summed E-state index contributed by atoms with van der Waals surface area (Å²) in [6, 6.07) is 16.2. The summed E-state index contributed by atoms with van der Waals surface area (Å²) in [5.41, 5.74) is 7.34. The molecule has 0 aliphatic rings. The van der Waals surface area contributed by atoms with Gasteiger partial charge >= 0.3 is 86.7 Å². The molecule has 1 aromatic heterocycles. The van der Waals surface area contributed by atoms with Crippen molar-refractivity contribution in [2.45, 2.75) is 6.54 Å². The zero-order chi connectivity index (χ0) is 15.9. The molecule has 0 bridgehead atoms. The molecule has 0 amide bonds. The van der Waals surface area contributed by atoms with E-state index in [0.717, 1.165) is 20.8 Å². The number of rotatable bonds is 2. The number of benzene rings is 2. The molecule has 0 unspecified atom stereocenters. The number of H-pyrrole nitrogens is 1. The number of nitrogens with two attached hydrogens (primary N) is 1. The molecule has 4 nitrogen and oxygen atoms in total. The maximum Gasteiger partial charge on any atom is 0.123 e. The maximum atomic E-state index is 12.2. The first kappa shape index (κ1) is 16.5. The molecule has 0 radical (unpaired) electrons. The second-order valence-corrected chi connectivity index (χ2v) is 5.59. The van der Waals surface area contributed by atoms with Crippen LogP contribution in [0.1, 0.15) is 5.56 Å².